The zero-order valence-electron chi connectivity index (χ0n) is 10.0. The number of carboxylic acid groups (broad SMARTS) is 1. The van der Waals surface area contributed by atoms with Crippen LogP contribution in [0.3, 0.4) is 0 Å². The fourth-order valence-electron chi connectivity index (χ4n) is 1.64. The van der Waals surface area contributed by atoms with Crippen LogP contribution in [0.15, 0.2) is 30.3 Å². The number of carboxylic acids is 1. The molecule has 2 aromatic rings. The van der Waals surface area contributed by atoms with Crippen molar-refractivity contribution in [2.24, 2.45) is 0 Å². The summed E-state index contributed by atoms with van der Waals surface area (Å²) in [6, 6.07) is 9.42. The third-order valence-electron chi connectivity index (χ3n) is 2.62. The van der Waals surface area contributed by atoms with Gasteiger partial charge in [-0.25, -0.2) is 0 Å². The van der Waals surface area contributed by atoms with Crippen LogP contribution in [-0.4, -0.2) is 28.4 Å². The number of aromatic amines is 1. The lowest BCUT2D eigenvalue weighted by molar-refractivity contribution is -0.136. The molecule has 1 heterocycles. The Kier molecular flexibility index (Phi) is 3.62. The van der Waals surface area contributed by atoms with E-state index in [1.54, 1.807) is 7.11 Å². The van der Waals surface area contributed by atoms with Crippen LogP contribution in [0.5, 0.6) is 5.75 Å². The van der Waals surface area contributed by atoms with Crippen molar-refractivity contribution < 1.29 is 14.6 Å². The summed E-state index contributed by atoms with van der Waals surface area (Å²) < 4.78 is 5.08. The first-order chi connectivity index (χ1) is 8.69. The van der Waals surface area contributed by atoms with E-state index in [9.17, 15) is 4.79 Å². The Morgan fingerprint density at radius 1 is 1.39 bits per heavy atom. The van der Waals surface area contributed by atoms with Crippen molar-refractivity contribution >= 4 is 5.97 Å². The smallest absolute Gasteiger partial charge is 0.303 e. The molecule has 0 saturated heterocycles. The van der Waals surface area contributed by atoms with Gasteiger partial charge in [0.25, 0.3) is 0 Å². The number of H-pyrrole nitrogens is 1. The lowest BCUT2D eigenvalue weighted by Gasteiger charge is -1.99. The molecule has 0 aliphatic heterocycles. The van der Waals surface area contributed by atoms with Gasteiger partial charge in [0.15, 0.2) is 0 Å². The number of hydrogen-bond donors (Lipinski definition) is 2. The highest BCUT2D eigenvalue weighted by Crippen LogP contribution is 2.21. The lowest BCUT2D eigenvalue weighted by atomic mass is 10.1. The second kappa shape index (κ2) is 5.35. The number of methoxy groups -OCH3 is 1. The van der Waals surface area contributed by atoms with Gasteiger partial charge in [-0.3, -0.25) is 9.89 Å². The van der Waals surface area contributed by atoms with Gasteiger partial charge in [0.05, 0.1) is 19.2 Å². The monoisotopic (exact) mass is 246 g/mol. The molecule has 0 bridgehead atoms. The molecule has 2 N–H and O–H groups in total. The Hall–Kier alpha value is -2.30. The summed E-state index contributed by atoms with van der Waals surface area (Å²) in [6.07, 6.45) is 0.558. The van der Waals surface area contributed by atoms with E-state index in [0.717, 1.165) is 22.7 Å². The van der Waals surface area contributed by atoms with Crippen LogP contribution >= 0.6 is 0 Å². The van der Waals surface area contributed by atoms with Crippen molar-refractivity contribution in [2.75, 3.05) is 7.11 Å². The van der Waals surface area contributed by atoms with Gasteiger partial charge in [-0.1, -0.05) is 0 Å². The maximum absolute atomic E-state index is 10.5. The molecule has 94 valence electrons. The van der Waals surface area contributed by atoms with Gasteiger partial charge in [-0.15, -0.1) is 0 Å². The molecule has 0 saturated carbocycles. The highest BCUT2D eigenvalue weighted by atomic mass is 16.5. The number of benzene rings is 1. The van der Waals surface area contributed by atoms with E-state index in [1.165, 1.54) is 0 Å². The molecule has 5 heteroatoms. The van der Waals surface area contributed by atoms with Gasteiger partial charge in [0, 0.05) is 11.3 Å². The minimum absolute atomic E-state index is 0.101. The number of aryl methyl sites for hydroxylation is 1. The number of rotatable bonds is 5. The largest absolute Gasteiger partial charge is 0.497 e. The number of aliphatic carboxylic acids is 1. The van der Waals surface area contributed by atoms with Gasteiger partial charge in [0.2, 0.25) is 0 Å². The van der Waals surface area contributed by atoms with Crippen LogP contribution in [0.1, 0.15) is 12.1 Å². The zero-order chi connectivity index (χ0) is 13.0. The second-order valence-electron chi connectivity index (χ2n) is 3.90. The van der Waals surface area contributed by atoms with Gasteiger partial charge in [0.1, 0.15) is 5.75 Å². The highest BCUT2D eigenvalue weighted by molar-refractivity contribution is 5.67. The summed E-state index contributed by atoms with van der Waals surface area (Å²) in [4.78, 5) is 10.5. The molecule has 1 aromatic carbocycles. The number of nitrogens with zero attached hydrogens (tertiary/aromatic N) is 1. The molecular formula is C13H14N2O3. The third-order valence-corrected chi connectivity index (χ3v) is 2.62. The fraction of sp³-hybridized carbons (Fsp3) is 0.231. The van der Waals surface area contributed by atoms with Crippen LogP contribution in [0, 0.1) is 0 Å². The van der Waals surface area contributed by atoms with Gasteiger partial charge < -0.3 is 9.84 Å². The highest BCUT2D eigenvalue weighted by Gasteiger charge is 2.05. The van der Waals surface area contributed by atoms with E-state index in [0.29, 0.717) is 6.42 Å². The van der Waals surface area contributed by atoms with Crippen LogP contribution in [0.25, 0.3) is 11.3 Å². The molecule has 1 aromatic heterocycles. The second-order valence-corrected chi connectivity index (χ2v) is 3.90. The minimum atomic E-state index is -0.810. The molecule has 0 aliphatic carbocycles. The van der Waals surface area contributed by atoms with E-state index in [2.05, 4.69) is 10.2 Å². The Morgan fingerprint density at radius 3 is 2.72 bits per heavy atom. The fourth-order valence-corrected chi connectivity index (χ4v) is 1.64. The van der Waals surface area contributed by atoms with Crippen molar-refractivity contribution in [3.63, 3.8) is 0 Å². The number of carbonyl (C=O) groups is 1. The average Bonchev–Trinajstić information content (AvgIpc) is 2.85. The molecule has 0 unspecified atom stereocenters. The number of ether oxygens (including phenoxy) is 1. The van der Waals surface area contributed by atoms with Crippen molar-refractivity contribution in [3.05, 3.63) is 36.0 Å². The topological polar surface area (TPSA) is 75.2 Å². The minimum Gasteiger partial charge on any atom is -0.497 e. The normalized spacial score (nSPS) is 10.3. The maximum atomic E-state index is 10.5. The summed E-state index contributed by atoms with van der Waals surface area (Å²) >= 11 is 0. The molecule has 18 heavy (non-hydrogen) atoms. The van der Waals surface area contributed by atoms with Gasteiger partial charge >= 0.3 is 5.97 Å². The van der Waals surface area contributed by atoms with E-state index >= 15 is 0 Å². The van der Waals surface area contributed by atoms with Crippen LogP contribution in [-0.2, 0) is 11.2 Å². The van der Waals surface area contributed by atoms with Crippen molar-refractivity contribution in [1.29, 1.82) is 0 Å². The quantitative estimate of drug-likeness (QED) is 0.847. The standard InChI is InChI=1S/C13H14N2O3/c1-18-11-5-2-9(3-6-11)12-8-10(14-15-12)4-7-13(16)17/h2-3,5-6,8H,4,7H2,1H3,(H,14,15)(H,16,17). The summed E-state index contributed by atoms with van der Waals surface area (Å²) in [5, 5.41) is 15.6. The lowest BCUT2D eigenvalue weighted by Crippen LogP contribution is -1.97. The first kappa shape index (κ1) is 12.2. The Labute approximate surface area is 104 Å². The number of nitrogens with one attached hydrogen (secondary N) is 1. The van der Waals surface area contributed by atoms with Crippen molar-refractivity contribution in [3.8, 4) is 17.0 Å². The molecule has 0 aliphatic rings. The first-order valence-electron chi connectivity index (χ1n) is 5.59. The van der Waals surface area contributed by atoms with Crippen molar-refractivity contribution in [2.45, 2.75) is 12.8 Å². The van der Waals surface area contributed by atoms with Gasteiger partial charge in [-0.05, 0) is 36.8 Å². The Bertz CT molecular complexity index is 531. The van der Waals surface area contributed by atoms with Crippen LogP contribution < -0.4 is 4.74 Å². The zero-order valence-corrected chi connectivity index (χ0v) is 10.0. The molecule has 2 rings (SSSR count). The first-order valence-corrected chi connectivity index (χ1v) is 5.59. The predicted molar refractivity (Wildman–Crippen MR) is 66.5 cm³/mol. The van der Waals surface area contributed by atoms with E-state index in [4.69, 9.17) is 9.84 Å². The third kappa shape index (κ3) is 2.88. The molecular weight excluding hydrogens is 232 g/mol. The molecule has 0 radical (unpaired) electrons. The SMILES string of the molecule is COc1ccc(-c2cc(CCC(=O)O)[nH]n2)cc1. The Morgan fingerprint density at radius 2 is 2.11 bits per heavy atom. The molecule has 0 atom stereocenters. The van der Waals surface area contributed by atoms with Crippen molar-refractivity contribution in [1.82, 2.24) is 10.2 Å². The van der Waals surface area contributed by atoms with E-state index in [-0.39, 0.29) is 6.42 Å². The predicted octanol–water partition coefficient (Wildman–Crippen LogP) is 2.10. The van der Waals surface area contributed by atoms with Gasteiger partial charge in [-0.2, -0.15) is 5.10 Å². The number of aromatic nitrogens is 2. The van der Waals surface area contributed by atoms with Crippen LogP contribution in [0.4, 0.5) is 0 Å². The number of hydrogen-bond acceptors (Lipinski definition) is 3. The molecule has 0 fully saturated rings. The average molecular weight is 246 g/mol. The summed E-state index contributed by atoms with van der Waals surface area (Å²) in [7, 11) is 1.62. The summed E-state index contributed by atoms with van der Waals surface area (Å²) in [5.74, 6) is -0.0176. The molecule has 0 spiro atoms. The maximum Gasteiger partial charge on any atom is 0.303 e. The van der Waals surface area contributed by atoms with E-state index < -0.39 is 5.97 Å². The molecule has 5 nitrogen and oxygen atoms in total. The summed E-state index contributed by atoms with van der Waals surface area (Å²) in [6.45, 7) is 0. The Balaban J connectivity index is 2.10. The van der Waals surface area contributed by atoms with Crippen LogP contribution in [0.2, 0.25) is 0 Å². The van der Waals surface area contributed by atoms with E-state index in [1.807, 2.05) is 30.3 Å². The molecule has 0 amide bonds. The summed E-state index contributed by atoms with van der Waals surface area (Å²) in [5.41, 5.74) is 2.59.